The number of ether oxygens (including phenoxy) is 1. The molecule has 0 spiro atoms. The molecule has 0 radical (unpaired) electrons. The molecule has 3 heterocycles. The second-order valence-corrected chi connectivity index (χ2v) is 8.74. The molecule has 1 unspecified atom stereocenters. The lowest BCUT2D eigenvalue weighted by atomic mass is 10.1. The number of rotatable bonds is 5. The van der Waals surface area contributed by atoms with Gasteiger partial charge in [-0.15, -0.1) is 11.3 Å². The molecule has 5 nitrogen and oxygen atoms in total. The summed E-state index contributed by atoms with van der Waals surface area (Å²) in [6.45, 7) is 4.29. The van der Waals surface area contributed by atoms with E-state index in [0.717, 1.165) is 61.2 Å². The zero-order valence-electron chi connectivity index (χ0n) is 16.9. The van der Waals surface area contributed by atoms with Crippen LogP contribution in [-0.4, -0.2) is 42.0 Å². The Hall–Kier alpha value is -2.54. The SMILES string of the molecule is O=C1CCCN1c1ccc(-c2csc(C3CN(Cc4ccccc4)CCO3)n2)cc1. The van der Waals surface area contributed by atoms with Crippen LogP contribution in [0.25, 0.3) is 11.3 Å². The van der Waals surface area contributed by atoms with Crippen molar-refractivity contribution in [2.45, 2.75) is 25.5 Å². The van der Waals surface area contributed by atoms with E-state index in [2.05, 4.69) is 52.7 Å². The van der Waals surface area contributed by atoms with Crippen LogP contribution in [-0.2, 0) is 16.1 Å². The van der Waals surface area contributed by atoms with Crippen molar-refractivity contribution in [3.63, 3.8) is 0 Å². The van der Waals surface area contributed by atoms with E-state index in [-0.39, 0.29) is 12.0 Å². The monoisotopic (exact) mass is 419 g/mol. The summed E-state index contributed by atoms with van der Waals surface area (Å²) in [6.07, 6.45) is 1.61. The molecular weight excluding hydrogens is 394 g/mol. The Morgan fingerprint density at radius 3 is 2.67 bits per heavy atom. The van der Waals surface area contributed by atoms with E-state index in [1.54, 1.807) is 11.3 Å². The Bertz CT molecular complexity index is 1000. The summed E-state index contributed by atoms with van der Waals surface area (Å²) in [5.41, 5.74) is 4.35. The third-order valence-electron chi connectivity index (χ3n) is 5.75. The number of anilines is 1. The minimum absolute atomic E-state index is 0.0164. The summed E-state index contributed by atoms with van der Waals surface area (Å²) in [4.78, 5) is 21.1. The number of hydrogen-bond acceptors (Lipinski definition) is 5. The van der Waals surface area contributed by atoms with Crippen molar-refractivity contribution >= 4 is 22.9 Å². The van der Waals surface area contributed by atoms with Crippen molar-refractivity contribution < 1.29 is 9.53 Å². The first-order chi connectivity index (χ1) is 14.8. The van der Waals surface area contributed by atoms with Gasteiger partial charge in [-0.3, -0.25) is 9.69 Å². The molecule has 5 rings (SSSR count). The van der Waals surface area contributed by atoms with Gasteiger partial charge in [-0.05, 0) is 24.1 Å². The van der Waals surface area contributed by atoms with Crippen LogP contribution in [0.2, 0.25) is 0 Å². The van der Waals surface area contributed by atoms with Crippen LogP contribution in [0.5, 0.6) is 0 Å². The Balaban J connectivity index is 1.26. The fraction of sp³-hybridized carbons (Fsp3) is 0.333. The predicted octanol–water partition coefficient (Wildman–Crippen LogP) is 4.51. The summed E-state index contributed by atoms with van der Waals surface area (Å²) in [5, 5.41) is 3.13. The van der Waals surface area contributed by atoms with Gasteiger partial charge in [0, 0.05) is 49.2 Å². The minimum Gasteiger partial charge on any atom is -0.368 e. The molecule has 1 atom stereocenters. The van der Waals surface area contributed by atoms with Crippen molar-refractivity contribution in [3.05, 3.63) is 70.5 Å². The van der Waals surface area contributed by atoms with Gasteiger partial charge in [0.05, 0.1) is 12.3 Å². The molecule has 2 aliphatic rings. The van der Waals surface area contributed by atoms with Crippen LogP contribution in [0, 0.1) is 0 Å². The number of carbonyl (C=O) groups excluding carboxylic acids is 1. The number of aromatic nitrogens is 1. The number of benzene rings is 2. The molecule has 154 valence electrons. The van der Waals surface area contributed by atoms with E-state index in [4.69, 9.17) is 9.72 Å². The van der Waals surface area contributed by atoms with E-state index in [1.807, 2.05) is 17.0 Å². The van der Waals surface area contributed by atoms with Gasteiger partial charge in [-0.25, -0.2) is 4.98 Å². The highest BCUT2D eigenvalue weighted by molar-refractivity contribution is 7.10. The van der Waals surface area contributed by atoms with Crippen LogP contribution < -0.4 is 4.90 Å². The zero-order valence-corrected chi connectivity index (χ0v) is 17.7. The van der Waals surface area contributed by atoms with E-state index in [0.29, 0.717) is 6.42 Å². The van der Waals surface area contributed by atoms with E-state index >= 15 is 0 Å². The van der Waals surface area contributed by atoms with Crippen LogP contribution in [0.15, 0.2) is 60.0 Å². The van der Waals surface area contributed by atoms with Crippen LogP contribution in [0.1, 0.15) is 29.5 Å². The molecule has 1 amide bonds. The van der Waals surface area contributed by atoms with Crippen molar-refractivity contribution in [2.24, 2.45) is 0 Å². The number of morpholine rings is 1. The quantitative estimate of drug-likeness (QED) is 0.610. The lowest BCUT2D eigenvalue weighted by molar-refractivity contribution is -0.117. The van der Waals surface area contributed by atoms with Gasteiger partial charge in [0.15, 0.2) is 0 Å². The van der Waals surface area contributed by atoms with Crippen LogP contribution >= 0.6 is 11.3 Å². The van der Waals surface area contributed by atoms with E-state index in [9.17, 15) is 4.79 Å². The maximum absolute atomic E-state index is 11.9. The number of thiazole rings is 1. The average molecular weight is 420 g/mol. The Labute approximate surface area is 180 Å². The second kappa shape index (κ2) is 8.68. The number of nitrogens with zero attached hydrogens (tertiary/aromatic N) is 3. The number of carbonyl (C=O) groups is 1. The van der Waals surface area contributed by atoms with Gasteiger partial charge in [0.25, 0.3) is 0 Å². The Morgan fingerprint density at radius 1 is 1.07 bits per heavy atom. The van der Waals surface area contributed by atoms with Gasteiger partial charge in [-0.2, -0.15) is 0 Å². The molecule has 2 aliphatic heterocycles. The summed E-state index contributed by atoms with van der Waals surface area (Å²) in [5.74, 6) is 0.216. The normalized spacial score (nSPS) is 20.1. The van der Waals surface area contributed by atoms with Crippen molar-refractivity contribution in [1.29, 1.82) is 0 Å². The molecule has 0 saturated carbocycles. The first kappa shape index (κ1) is 19.4. The fourth-order valence-corrected chi connectivity index (χ4v) is 5.01. The minimum atomic E-state index is 0.0164. The maximum Gasteiger partial charge on any atom is 0.227 e. The topological polar surface area (TPSA) is 45.7 Å². The zero-order chi connectivity index (χ0) is 20.3. The standard InChI is InChI=1S/C24H25N3O2S/c28-23-7-4-12-27(23)20-10-8-19(9-11-20)21-17-30-24(25-21)22-16-26(13-14-29-22)15-18-5-2-1-3-6-18/h1-3,5-6,8-11,17,22H,4,7,12-16H2. The summed E-state index contributed by atoms with van der Waals surface area (Å²) in [6, 6.07) is 18.7. The highest BCUT2D eigenvalue weighted by Crippen LogP contribution is 2.31. The molecule has 6 heteroatoms. The lowest BCUT2D eigenvalue weighted by Crippen LogP contribution is -2.37. The molecule has 1 aromatic heterocycles. The summed E-state index contributed by atoms with van der Waals surface area (Å²) < 4.78 is 6.04. The van der Waals surface area contributed by atoms with Crippen LogP contribution in [0.3, 0.4) is 0 Å². The molecule has 30 heavy (non-hydrogen) atoms. The van der Waals surface area contributed by atoms with Gasteiger partial charge >= 0.3 is 0 Å². The van der Waals surface area contributed by atoms with E-state index < -0.39 is 0 Å². The Morgan fingerprint density at radius 2 is 1.90 bits per heavy atom. The third kappa shape index (κ3) is 4.17. The van der Waals surface area contributed by atoms with Crippen molar-refractivity contribution in [2.75, 3.05) is 31.1 Å². The highest BCUT2D eigenvalue weighted by atomic mass is 32.1. The van der Waals surface area contributed by atoms with Gasteiger partial charge in [0.2, 0.25) is 5.91 Å². The van der Waals surface area contributed by atoms with Gasteiger partial charge < -0.3 is 9.64 Å². The van der Waals surface area contributed by atoms with E-state index in [1.165, 1.54) is 5.56 Å². The first-order valence-corrected chi connectivity index (χ1v) is 11.4. The molecule has 0 aliphatic carbocycles. The number of amides is 1. The smallest absolute Gasteiger partial charge is 0.227 e. The molecule has 2 aromatic carbocycles. The van der Waals surface area contributed by atoms with Crippen molar-refractivity contribution in [3.8, 4) is 11.3 Å². The molecule has 3 aromatic rings. The van der Waals surface area contributed by atoms with Crippen molar-refractivity contribution in [1.82, 2.24) is 9.88 Å². The van der Waals surface area contributed by atoms with Gasteiger partial charge in [-0.1, -0.05) is 42.5 Å². The highest BCUT2D eigenvalue weighted by Gasteiger charge is 2.25. The Kier molecular flexibility index (Phi) is 5.62. The predicted molar refractivity (Wildman–Crippen MR) is 120 cm³/mol. The molecule has 0 N–H and O–H groups in total. The molecule has 2 fully saturated rings. The molecule has 2 saturated heterocycles. The number of hydrogen-bond donors (Lipinski definition) is 0. The summed E-state index contributed by atoms with van der Waals surface area (Å²) in [7, 11) is 0. The lowest BCUT2D eigenvalue weighted by Gasteiger charge is -2.32. The molecule has 0 bridgehead atoms. The fourth-order valence-electron chi connectivity index (χ4n) is 4.14. The molecular formula is C24H25N3O2S. The van der Waals surface area contributed by atoms with Gasteiger partial charge in [0.1, 0.15) is 11.1 Å². The summed E-state index contributed by atoms with van der Waals surface area (Å²) >= 11 is 1.66. The third-order valence-corrected chi connectivity index (χ3v) is 6.68. The van der Waals surface area contributed by atoms with Crippen LogP contribution in [0.4, 0.5) is 5.69 Å². The average Bonchev–Trinajstić information content (AvgIpc) is 3.44. The maximum atomic E-state index is 11.9. The largest absolute Gasteiger partial charge is 0.368 e. The first-order valence-electron chi connectivity index (χ1n) is 10.5. The second-order valence-electron chi connectivity index (χ2n) is 7.85.